The van der Waals surface area contributed by atoms with Crippen LogP contribution in [0.4, 0.5) is 0 Å². The third-order valence-electron chi connectivity index (χ3n) is 2.70. The number of nitrogens with zero attached hydrogens (tertiary/aromatic N) is 3. The van der Waals surface area contributed by atoms with E-state index in [0.717, 1.165) is 25.8 Å². The van der Waals surface area contributed by atoms with Crippen molar-refractivity contribution in [3.05, 3.63) is 39.8 Å². The topological polar surface area (TPSA) is 58.9 Å². The Labute approximate surface area is 112 Å². The van der Waals surface area contributed by atoms with E-state index >= 15 is 0 Å². The summed E-state index contributed by atoms with van der Waals surface area (Å²) in [6.07, 6.45) is -0.0464. The molecule has 0 saturated carbocycles. The Bertz CT molecular complexity index is 644. The molecule has 0 aliphatic heterocycles. The zero-order valence-electron chi connectivity index (χ0n) is 9.70. The quantitative estimate of drug-likeness (QED) is 0.799. The predicted octanol–water partition coefficient (Wildman–Crippen LogP) is 2.73. The normalized spacial score (nSPS) is 13.0. The van der Waals surface area contributed by atoms with Gasteiger partial charge >= 0.3 is 0 Å². The van der Waals surface area contributed by atoms with Crippen molar-refractivity contribution in [1.29, 1.82) is 0 Å². The number of fused-ring (bicyclic) bond motifs is 1. The Kier molecular flexibility index (Phi) is 3.07. The Hall–Kier alpha value is -1.37. The maximum absolute atomic E-state index is 10.2. The van der Waals surface area contributed by atoms with E-state index in [9.17, 15) is 5.11 Å². The summed E-state index contributed by atoms with van der Waals surface area (Å²) in [4.78, 5) is 5.34. The van der Waals surface area contributed by atoms with Crippen molar-refractivity contribution in [1.82, 2.24) is 14.6 Å². The number of aliphatic hydroxyl groups excluding tert-OH is 1. The van der Waals surface area contributed by atoms with Gasteiger partial charge in [0.05, 0.1) is 31.9 Å². The lowest BCUT2D eigenvalue weighted by Gasteiger charge is -2.05. The van der Waals surface area contributed by atoms with E-state index in [1.165, 1.54) is 11.5 Å². The van der Waals surface area contributed by atoms with E-state index in [0.29, 0.717) is 6.42 Å². The fourth-order valence-corrected chi connectivity index (χ4v) is 3.44. The second kappa shape index (κ2) is 4.72. The van der Waals surface area contributed by atoms with E-state index in [1.54, 1.807) is 11.3 Å². The number of benzene rings is 1. The zero-order valence-corrected chi connectivity index (χ0v) is 11.3. The average molecular weight is 277 g/mol. The van der Waals surface area contributed by atoms with Crippen molar-refractivity contribution in [2.75, 3.05) is 0 Å². The SMILES string of the molecule is Cc1nnsc1C(O)Cc1nc2ccccc2s1. The molecule has 1 aromatic carbocycles. The number of aryl methyl sites for hydroxylation is 1. The summed E-state index contributed by atoms with van der Waals surface area (Å²) in [7, 11) is 0. The summed E-state index contributed by atoms with van der Waals surface area (Å²) in [6, 6.07) is 8.00. The molecule has 1 unspecified atom stereocenters. The molecule has 92 valence electrons. The monoisotopic (exact) mass is 277 g/mol. The standard InChI is InChI=1S/C12H11N3OS2/c1-7-12(18-15-14-7)9(16)6-11-13-8-4-2-3-5-10(8)17-11/h2-5,9,16H,6H2,1H3. The van der Waals surface area contributed by atoms with Gasteiger partial charge in [0.25, 0.3) is 0 Å². The highest BCUT2D eigenvalue weighted by Crippen LogP contribution is 2.28. The molecule has 2 heterocycles. The summed E-state index contributed by atoms with van der Waals surface area (Å²) in [6.45, 7) is 1.86. The van der Waals surface area contributed by atoms with Gasteiger partial charge in [-0.25, -0.2) is 4.98 Å². The molecule has 6 heteroatoms. The molecule has 1 atom stereocenters. The maximum Gasteiger partial charge on any atom is 0.0980 e. The van der Waals surface area contributed by atoms with E-state index < -0.39 is 6.10 Å². The van der Waals surface area contributed by atoms with Gasteiger partial charge in [-0.05, 0) is 30.6 Å². The predicted molar refractivity (Wildman–Crippen MR) is 72.9 cm³/mol. The van der Waals surface area contributed by atoms with Crippen molar-refractivity contribution in [2.24, 2.45) is 0 Å². The average Bonchev–Trinajstić information content (AvgIpc) is 2.94. The first-order chi connectivity index (χ1) is 8.74. The summed E-state index contributed by atoms with van der Waals surface area (Å²) >= 11 is 2.87. The van der Waals surface area contributed by atoms with Gasteiger partial charge in [-0.1, -0.05) is 16.6 Å². The highest BCUT2D eigenvalue weighted by Gasteiger charge is 2.16. The van der Waals surface area contributed by atoms with Crippen LogP contribution in [0.25, 0.3) is 10.2 Å². The molecular formula is C12H11N3OS2. The Morgan fingerprint density at radius 2 is 2.17 bits per heavy atom. The molecule has 0 radical (unpaired) electrons. The molecule has 0 aliphatic rings. The first-order valence-electron chi connectivity index (χ1n) is 5.55. The van der Waals surface area contributed by atoms with Crippen LogP contribution in [0.5, 0.6) is 0 Å². The van der Waals surface area contributed by atoms with Crippen molar-refractivity contribution in [3.63, 3.8) is 0 Å². The van der Waals surface area contributed by atoms with E-state index in [4.69, 9.17) is 0 Å². The van der Waals surface area contributed by atoms with Gasteiger partial charge in [-0.2, -0.15) is 0 Å². The third-order valence-corrected chi connectivity index (χ3v) is 4.68. The fourth-order valence-electron chi connectivity index (χ4n) is 1.81. The Morgan fingerprint density at radius 1 is 1.33 bits per heavy atom. The van der Waals surface area contributed by atoms with Crippen LogP contribution in [-0.2, 0) is 6.42 Å². The number of hydrogen-bond donors (Lipinski definition) is 1. The summed E-state index contributed by atoms with van der Waals surface area (Å²) in [5.41, 5.74) is 1.79. The highest BCUT2D eigenvalue weighted by molar-refractivity contribution is 7.18. The van der Waals surface area contributed by atoms with Crippen LogP contribution in [0.3, 0.4) is 0 Å². The van der Waals surface area contributed by atoms with Crippen molar-refractivity contribution in [2.45, 2.75) is 19.4 Å². The minimum absolute atomic E-state index is 0.518. The molecule has 18 heavy (non-hydrogen) atoms. The second-order valence-electron chi connectivity index (χ2n) is 4.02. The smallest absolute Gasteiger partial charge is 0.0980 e. The molecule has 0 bridgehead atoms. The molecule has 0 aliphatic carbocycles. The molecule has 0 amide bonds. The summed E-state index contributed by atoms with van der Waals surface area (Å²) < 4.78 is 4.99. The van der Waals surface area contributed by atoms with Gasteiger partial charge in [-0.3, -0.25) is 0 Å². The van der Waals surface area contributed by atoms with Crippen LogP contribution in [-0.4, -0.2) is 19.7 Å². The number of rotatable bonds is 3. The van der Waals surface area contributed by atoms with Crippen LogP contribution in [0.2, 0.25) is 0 Å². The van der Waals surface area contributed by atoms with Gasteiger partial charge in [-0.15, -0.1) is 16.4 Å². The van der Waals surface area contributed by atoms with Gasteiger partial charge in [0.15, 0.2) is 0 Å². The van der Waals surface area contributed by atoms with Crippen LogP contribution in [0, 0.1) is 6.92 Å². The Balaban J connectivity index is 1.86. The Morgan fingerprint density at radius 3 is 2.89 bits per heavy atom. The maximum atomic E-state index is 10.2. The molecule has 0 saturated heterocycles. The first kappa shape index (κ1) is 11.7. The highest BCUT2D eigenvalue weighted by atomic mass is 32.1. The van der Waals surface area contributed by atoms with Crippen molar-refractivity contribution < 1.29 is 5.11 Å². The van der Waals surface area contributed by atoms with Crippen LogP contribution < -0.4 is 0 Å². The van der Waals surface area contributed by atoms with Crippen molar-refractivity contribution in [3.8, 4) is 0 Å². The number of aliphatic hydroxyl groups is 1. The molecule has 3 rings (SSSR count). The molecule has 4 nitrogen and oxygen atoms in total. The van der Waals surface area contributed by atoms with Gasteiger partial charge in [0.1, 0.15) is 0 Å². The number of hydrogen-bond acceptors (Lipinski definition) is 6. The fraction of sp³-hybridized carbons (Fsp3) is 0.250. The van der Waals surface area contributed by atoms with Crippen molar-refractivity contribution >= 4 is 33.1 Å². The van der Waals surface area contributed by atoms with Crippen LogP contribution in [0.1, 0.15) is 21.7 Å². The molecule has 0 fully saturated rings. The van der Waals surface area contributed by atoms with Crippen LogP contribution in [0.15, 0.2) is 24.3 Å². The minimum Gasteiger partial charge on any atom is -0.387 e. The second-order valence-corrected chi connectivity index (χ2v) is 5.92. The molecule has 0 spiro atoms. The summed E-state index contributed by atoms with van der Waals surface area (Å²) in [5, 5.41) is 15.0. The van der Waals surface area contributed by atoms with E-state index in [-0.39, 0.29) is 0 Å². The first-order valence-corrected chi connectivity index (χ1v) is 7.14. The van der Waals surface area contributed by atoms with Crippen LogP contribution >= 0.6 is 22.9 Å². The van der Waals surface area contributed by atoms with E-state index in [1.807, 2.05) is 31.2 Å². The minimum atomic E-state index is -0.564. The lowest BCUT2D eigenvalue weighted by atomic mass is 10.2. The van der Waals surface area contributed by atoms with Gasteiger partial charge in [0, 0.05) is 6.42 Å². The number of thiazole rings is 1. The number of aromatic nitrogens is 3. The third kappa shape index (κ3) is 2.14. The van der Waals surface area contributed by atoms with E-state index in [2.05, 4.69) is 14.6 Å². The zero-order chi connectivity index (χ0) is 12.5. The van der Waals surface area contributed by atoms with Gasteiger partial charge < -0.3 is 5.11 Å². The summed E-state index contributed by atoms with van der Waals surface area (Å²) in [5.74, 6) is 0. The van der Waals surface area contributed by atoms with Gasteiger partial charge in [0.2, 0.25) is 0 Å². The molecule has 1 N–H and O–H groups in total. The molecule has 3 aromatic rings. The number of para-hydroxylation sites is 1. The molecule has 2 aromatic heterocycles. The largest absolute Gasteiger partial charge is 0.387 e. The molecular weight excluding hydrogens is 266 g/mol. The lowest BCUT2D eigenvalue weighted by molar-refractivity contribution is 0.181. The lowest BCUT2D eigenvalue weighted by Crippen LogP contribution is -2.01.